The summed E-state index contributed by atoms with van der Waals surface area (Å²) in [5.41, 5.74) is 0.298. The van der Waals surface area contributed by atoms with Crippen molar-refractivity contribution in [3.8, 4) is 5.75 Å². The first kappa shape index (κ1) is 14.3. The monoisotopic (exact) mass is 299 g/mol. The molecule has 0 atom stereocenters. The smallest absolute Gasteiger partial charge is 0.338 e. The number of carbonyl (C=O) groups excluding carboxylic acids is 1. The summed E-state index contributed by atoms with van der Waals surface area (Å²) in [4.78, 5) is 13.3. The summed E-state index contributed by atoms with van der Waals surface area (Å²) in [5, 5.41) is 0. The lowest BCUT2D eigenvalue weighted by molar-refractivity contribution is 0.328. The summed E-state index contributed by atoms with van der Waals surface area (Å²) < 4.78 is 39.7. The highest BCUT2D eigenvalue weighted by Gasteiger charge is 2.39. The zero-order valence-electron chi connectivity index (χ0n) is 7.93. The van der Waals surface area contributed by atoms with Crippen molar-refractivity contribution in [2.45, 2.75) is 3.60 Å². The van der Waals surface area contributed by atoms with Gasteiger partial charge in [0.15, 0.2) is 0 Å². The van der Waals surface area contributed by atoms with Gasteiger partial charge in [0.2, 0.25) is 6.08 Å². The summed E-state index contributed by atoms with van der Waals surface area (Å²) in [6.45, 7) is 0. The van der Waals surface area contributed by atoms with Crippen LogP contribution in [0.1, 0.15) is 0 Å². The molecule has 9 heteroatoms. The number of halogens is 3. The highest BCUT2D eigenvalue weighted by molar-refractivity contribution is 8.29. The van der Waals surface area contributed by atoms with Crippen molar-refractivity contribution in [2.24, 2.45) is 4.99 Å². The van der Waals surface area contributed by atoms with Crippen molar-refractivity contribution in [3.05, 3.63) is 24.3 Å². The van der Waals surface area contributed by atoms with Crippen molar-refractivity contribution in [1.29, 1.82) is 0 Å². The number of aliphatic imine (C=N–C) groups is 1. The first-order chi connectivity index (χ1) is 8.19. The van der Waals surface area contributed by atoms with Crippen LogP contribution in [0.25, 0.3) is 0 Å². The lowest BCUT2D eigenvalue weighted by Crippen LogP contribution is -2.20. The van der Waals surface area contributed by atoms with Gasteiger partial charge in [0, 0.05) is 0 Å². The topological polar surface area (TPSA) is 38.7 Å². The highest BCUT2D eigenvalue weighted by Crippen LogP contribution is 2.49. The molecular weight excluding hydrogens is 295 g/mol. The van der Waals surface area contributed by atoms with Gasteiger partial charge < -0.3 is 4.74 Å². The zero-order valence-corrected chi connectivity index (χ0v) is 10.4. The molecule has 0 aliphatic heterocycles. The normalized spacial score (nSPS) is 10.8. The Labute approximate surface area is 108 Å². The lowest BCUT2D eigenvalue weighted by Gasteiger charge is -2.20. The van der Waals surface area contributed by atoms with Crippen molar-refractivity contribution >= 4 is 48.2 Å². The van der Waals surface area contributed by atoms with Crippen LogP contribution in [0.15, 0.2) is 29.3 Å². The molecule has 1 rings (SSSR count). The SMILES string of the molecule is O=C=Nc1ccc(OC(SF)(SF)SF)cc1. The molecule has 0 unspecified atom stereocenters. The van der Waals surface area contributed by atoms with E-state index in [9.17, 15) is 16.5 Å². The Balaban J connectivity index is 2.83. The van der Waals surface area contributed by atoms with Gasteiger partial charge in [0.25, 0.3) is 0 Å². The fourth-order valence-corrected chi connectivity index (χ4v) is 1.54. The Hall–Kier alpha value is -0.760. The molecule has 0 fully saturated rings. The first-order valence-electron chi connectivity index (χ1n) is 3.96. The standard InChI is InChI=1S/C8H4F3NO2S3/c9-15-8(16-10,17-11)14-7-3-1-6(2-4-7)12-5-13/h1-4H. The van der Waals surface area contributed by atoms with E-state index in [-0.39, 0.29) is 5.75 Å². The van der Waals surface area contributed by atoms with E-state index < -0.39 is 40.0 Å². The fourth-order valence-electron chi connectivity index (χ4n) is 0.869. The first-order valence-corrected chi connectivity index (χ1v) is 6.11. The van der Waals surface area contributed by atoms with Crippen molar-refractivity contribution < 1.29 is 21.2 Å². The Morgan fingerprint density at radius 2 is 1.65 bits per heavy atom. The maximum atomic E-state index is 12.4. The van der Waals surface area contributed by atoms with Crippen LogP contribution in [0.2, 0.25) is 0 Å². The van der Waals surface area contributed by atoms with Gasteiger partial charge in [-0.05, 0) is 24.3 Å². The molecule has 17 heavy (non-hydrogen) atoms. The fraction of sp³-hybridized carbons (Fsp3) is 0.125. The second-order valence-electron chi connectivity index (χ2n) is 2.53. The number of benzene rings is 1. The van der Waals surface area contributed by atoms with Gasteiger partial charge in [-0.2, -0.15) is 16.6 Å². The van der Waals surface area contributed by atoms with E-state index >= 15 is 0 Å². The van der Waals surface area contributed by atoms with Gasteiger partial charge >= 0.3 is 3.60 Å². The molecule has 0 amide bonds. The summed E-state index contributed by atoms with van der Waals surface area (Å²) >= 11 is -1.82. The molecule has 0 saturated carbocycles. The van der Waals surface area contributed by atoms with Gasteiger partial charge in [-0.3, -0.25) is 0 Å². The van der Waals surface area contributed by atoms with Crippen LogP contribution in [0, 0.1) is 0 Å². The van der Waals surface area contributed by atoms with E-state index in [0.717, 1.165) is 0 Å². The van der Waals surface area contributed by atoms with E-state index in [2.05, 4.69) is 4.99 Å². The molecule has 1 aromatic rings. The summed E-state index contributed by atoms with van der Waals surface area (Å²) in [7, 11) is 0. The van der Waals surface area contributed by atoms with Gasteiger partial charge in [0.05, 0.1) is 5.69 Å². The number of nitrogens with zero attached hydrogens (tertiary/aromatic N) is 1. The molecule has 92 valence electrons. The second-order valence-corrected chi connectivity index (χ2v) is 5.49. The third-order valence-electron chi connectivity index (χ3n) is 1.54. The maximum Gasteiger partial charge on any atom is 0.338 e. The third-order valence-corrected chi connectivity index (χ3v) is 3.49. The molecule has 0 N–H and O–H groups in total. The number of hydrogen-bond acceptors (Lipinski definition) is 6. The van der Waals surface area contributed by atoms with Crippen molar-refractivity contribution in [2.75, 3.05) is 0 Å². The molecule has 0 aliphatic carbocycles. The second kappa shape index (κ2) is 6.85. The lowest BCUT2D eigenvalue weighted by atomic mass is 10.3. The molecule has 0 radical (unpaired) electrons. The minimum atomic E-state index is -2.34. The summed E-state index contributed by atoms with van der Waals surface area (Å²) in [6.07, 6.45) is 1.33. The van der Waals surface area contributed by atoms with Crippen LogP contribution in [0.3, 0.4) is 0 Å². The minimum absolute atomic E-state index is 0.0373. The Morgan fingerprint density at radius 3 is 2.06 bits per heavy atom. The van der Waals surface area contributed by atoms with Crippen LogP contribution in [0.5, 0.6) is 5.75 Å². The quantitative estimate of drug-likeness (QED) is 0.439. The maximum absolute atomic E-state index is 12.4. The van der Waals surface area contributed by atoms with Crippen LogP contribution < -0.4 is 4.74 Å². The molecule has 1 aromatic carbocycles. The molecule has 0 bridgehead atoms. The van der Waals surface area contributed by atoms with Gasteiger partial charge in [-0.25, -0.2) is 4.79 Å². The van der Waals surface area contributed by atoms with Crippen LogP contribution in [-0.4, -0.2) is 9.68 Å². The van der Waals surface area contributed by atoms with Gasteiger partial charge in [-0.15, -0.1) is 0 Å². The number of isocyanates is 1. The van der Waals surface area contributed by atoms with E-state index in [1.807, 2.05) is 0 Å². The Bertz CT molecular complexity index is 399. The number of rotatable bonds is 6. The van der Waals surface area contributed by atoms with Gasteiger partial charge in [0.1, 0.15) is 42.2 Å². The van der Waals surface area contributed by atoms with Crippen LogP contribution >= 0.6 is 36.4 Å². The minimum Gasteiger partial charge on any atom is -0.451 e. The molecule has 0 aromatic heterocycles. The molecule has 0 heterocycles. The molecule has 0 saturated heterocycles. The predicted octanol–water partition coefficient (Wildman–Crippen LogP) is 4.50. The average molecular weight is 299 g/mol. The van der Waals surface area contributed by atoms with E-state index in [0.29, 0.717) is 5.69 Å². The molecular formula is C8H4F3NO2S3. The van der Waals surface area contributed by atoms with Gasteiger partial charge in [-0.1, -0.05) is 0 Å². The average Bonchev–Trinajstić information content (AvgIpc) is 2.39. The van der Waals surface area contributed by atoms with E-state index in [1.165, 1.54) is 30.3 Å². The summed E-state index contributed by atoms with van der Waals surface area (Å²) in [6, 6.07) is 5.32. The van der Waals surface area contributed by atoms with Crippen molar-refractivity contribution in [3.63, 3.8) is 0 Å². The largest absolute Gasteiger partial charge is 0.451 e. The van der Waals surface area contributed by atoms with Crippen LogP contribution in [0.4, 0.5) is 17.3 Å². The van der Waals surface area contributed by atoms with Crippen molar-refractivity contribution in [1.82, 2.24) is 0 Å². The predicted molar refractivity (Wildman–Crippen MR) is 63.7 cm³/mol. The Morgan fingerprint density at radius 1 is 1.12 bits per heavy atom. The zero-order chi connectivity index (χ0) is 12.7. The number of ether oxygens (including phenoxy) is 1. The molecule has 3 nitrogen and oxygen atoms in total. The number of hydrogen-bond donors (Lipinski definition) is 0. The summed E-state index contributed by atoms with van der Waals surface area (Å²) in [5.74, 6) is 0.0373. The van der Waals surface area contributed by atoms with E-state index in [4.69, 9.17) is 4.74 Å². The Kier molecular flexibility index (Phi) is 5.76. The molecule has 0 spiro atoms. The third kappa shape index (κ3) is 3.88. The van der Waals surface area contributed by atoms with E-state index in [1.54, 1.807) is 0 Å². The highest BCUT2D eigenvalue weighted by atomic mass is 32.3. The molecule has 0 aliphatic rings. The van der Waals surface area contributed by atoms with Crippen LogP contribution in [-0.2, 0) is 4.79 Å².